The molecular weight excluding hydrogens is 356 g/mol. The van der Waals surface area contributed by atoms with E-state index in [2.05, 4.69) is 0 Å². The lowest BCUT2D eigenvalue weighted by atomic mass is 10.1. The van der Waals surface area contributed by atoms with Crippen molar-refractivity contribution in [3.63, 3.8) is 0 Å². The summed E-state index contributed by atoms with van der Waals surface area (Å²) in [5.74, 6) is -0.976. The van der Waals surface area contributed by atoms with Crippen molar-refractivity contribution in [1.29, 1.82) is 0 Å². The van der Waals surface area contributed by atoms with Crippen molar-refractivity contribution in [3.8, 4) is 0 Å². The Bertz CT molecular complexity index is 488. The minimum absolute atomic E-state index is 0.123. The van der Waals surface area contributed by atoms with Crippen molar-refractivity contribution >= 4 is 33.5 Å². The monoisotopic (exact) mass is 378 g/mol. The zero-order chi connectivity index (χ0) is 17.5. The second-order valence-corrected chi connectivity index (χ2v) is 8.23. The Morgan fingerprint density at radius 1 is 1.50 bits per heavy atom. The number of aliphatic hydroxyl groups is 2. The van der Waals surface area contributed by atoms with Gasteiger partial charge in [-0.15, -0.1) is 0 Å². The molecular formula is C15H22O7S2. The molecule has 0 aliphatic carbocycles. The lowest BCUT2D eigenvalue weighted by molar-refractivity contribution is -0.154. The molecule has 0 saturated carbocycles. The number of cyclic esters (lactones) is 1. The molecule has 0 aromatic heterocycles. The average Bonchev–Trinajstić information content (AvgIpc) is 3.17. The van der Waals surface area contributed by atoms with Crippen LogP contribution in [0.4, 0.5) is 0 Å². The van der Waals surface area contributed by atoms with Crippen LogP contribution >= 0.6 is 21.6 Å². The summed E-state index contributed by atoms with van der Waals surface area (Å²) in [4.78, 5) is 23.1. The Morgan fingerprint density at radius 3 is 2.96 bits per heavy atom. The minimum atomic E-state index is -1.29. The number of carbonyl (C=O) groups excluding carboxylic acids is 2. The number of aliphatic hydroxyl groups excluding tert-OH is 2. The topological polar surface area (TPSA) is 102 Å². The van der Waals surface area contributed by atoms with Gasteiger partial charge in [0, 0.05) is 17.4 Å². The number of carbonyl (C=O) groups is 2. The highest BCUT2D eigenvalue weighted by Crippen LogP contribution is 2.39. The first-order valence-corrected chi connectivity index (χ1v) is 10.3. The lowest BCUT2D eigenvalue weighted by Gasteiger charge is -2.19. The molecule has 9 heteroatoms. The fourth-order valence-electron chi connectivity index (χ4n) is 2.40. The molecule has 7 nitrogen and oxygen atoms in total. The first kappa shape index (κ1) is 19.3. The summed E-state index contributed by atoms with van der Waals surface area (Å²) in [5.41, 5.74) is 0. The molecule has 2 N–H and O–H groups in total. The summed E-state index contributed by atoms with van der Waals surface area (Å²) in [6.45, 7) is 1.55. The number of hydrogen-bond acceptors (Lipinski definition) is 9. The van der Waals surface area contributed by atoms with Gasteiger partial charge >= 0.3 is 11.9 Å². The van der Waals surface area contributed by atoms with E-state index in [-0.39, 0.29) is 25.4 Å². The number of hydrogen-bond donors (Lipinski definition) is 2. The third-order valence-corrected chi connectivity index (χ3v) is 6.62. The van der Waals surface area contributed by atoms with Gasteiger partial charge in [-0.25, -0.2) is 4.79 Å². The highest BCUT2D eigenvalue weighted by Gasteiger charge is 2.41. The molecule has 2 rings (SSSR count). The molecule has 3 atom stereocenters. The van der Waals surface area contributed by atoms with E-state index in [1.807, 2.05) is 21.6 Å². The van der Waals surface area contributed by atoms with Crippen molar-refractivity contribution in [1.82, 2.24) is 0 Å². The molecule has 0 bridgehead atoms. The number of ether oxygens (including phenoxy) is 3. The maximum Gasteiger partial charge on any atom is 0.378 e. The van der Waals surface area contributed by atoms with Crippen molar-refractivity contribution in [2.75, 3.05) is 19.0 Å². The van der Waals surface area contributed by atoms with E-state index in [0.717, 1.165) is 18.6 Å². The first-order valence-electron chi connectivity index (χ1n) is 7.91. The molecule has 1 unspecified atom stereocenters. The predicted octanol–water partition coefficient (Wildman–Crippen LogP) is 1.95. The van der Waals surface area contributed by atoms with Crippen LogP contribution in [-0.4, -0.2) is 58.6 Å². The maximum atomic E-state index is 11.7. The largest absolute Gasteiger partial charge is 0.499 e. The average molecular weight is 378 g/mol. The Morgan fingerprint density at radius 2 is 2.29 bits per heavy atom. The highest BCUT2D eigenvalue weighted by molar-refractivity contribution is 8.77. The molecule has 0 aromatic carbocycles. The third kappa shape index (κ3) is 5.22. The Balaban J connectivity index is 1.70. The second-order valence-electron chi connectivity index (χ2n) is 5.44. The molecule has 0 amide bonds. The zero-order valence-electron chi connectivity index (χ0n) is 13.4. The molecule has 2 heterocycles. The van der Waals surface area contributed by atoms with E-state index in [1.165, 1.54) is 6.42 Å². The van der Waals surface area contributed by atoms with Crippen LogP contribution in [-0.2, 0) is 23.8 Å². The van der Waals surface area contributed by atoms with Crippen LogP contribution < -0.4 is 0 Å². The maximum absolute atomic E-state index is 11.7. The Labute approximate surface area is 148 Å². The minimum Gasteiger partial charge on any atom is -0.499 e. The van der Waals surface area contributed by atoms with Crippen molar-refractivity contribution in [3.05, 3.63) is 11.5 Å². The van der Waals surface area contributed by atoms with Gasteiger partial charge in [-0.05, 0) is 26.2 Å². The number of rotatable bonds is 9. The van der Waals surface area contributed by atoms with Crippen LogP contribution in [0.3, 0.4) is 0 Å². The summed E-state index contributed by atoms with van der Waals surface area (Å²) in [5, 5.41) is 20.2. The van der Waals surface area contributed by atoms with Gasteiger partial charge < -0.3 is 24.4 Å². The van der Waals surface area contributed by atoms with Crippen molar-refractivity contribution in [2.45, 2.75) is 50.1 Å². The fourth-order valence-corrected chi connectivity index (χ4v) is 5.42. The summed E-state index contributed by atoms with van der Waals surface area (Å²) in [7, 11) is 3.73. The first-order chi connectivity index (χ1) is 11.5. The van der Waals surface area contributed by atoms with E-state index < -0.39 is 29.9 Å². The van der Waals surface area contributed by atoms with E-state index in [1.54, 1.807) is 6.92 Å². The second kappa shape index (κ2) is 9.43. The van der Waals surface area contributed by atoms with E-state index >= 15 is 0 Å². The Kier molecular flexibility index (Phi) is 7.57. The zero-order valence-corrected chi connectivity index (χ0v) is 15.1. The molecule has 2 aliphatic heterocycles. The third-order valence-electron chi connectivity index (χ3n) is 3.62. The summed E-state index contributed by atoms with van der Waals surface area (Å²) >= 11 is 0. The van der Waals surface area contributed by atoms with E-state index in [9.17, 15) is 19.8 Å². The number of esters is 2. The standard InChI is InChI=1S/C15H22O7S2/c1-2-20-14-12(18)15(19)22-13(14)10(16)8-21-11(17)5-3-4-9-6-7-23-24-9/h9-10,13,16,18H,2-8H2,1H3/t9?,10-,13+/m0/s1. The smallest absolute Gasteiger partial charge is 0.378 e. The molecule has 0 spiro atoms. The van der Waals surface area contributed by atoms with Crippen molar-refractivity contribution in [2.24, 2.45) is 0 Å². The predicted molar refractivity (Wildman–Crippen MR) is 90.4 cm³/mol. The molecule has 1 saturated heterocycles. The van der Waals surface area contributed by atoms with Gasteiger partial charge in [-0.1, -0.05) is 21.6 Å². The normalized spacial score (nSPS) is 24.8. The summed E-state index contributed by atoms with van der Waals surface area (Å²) in [6.07, 6.45) is 0.741. The summed E-state index contributed by atoms with van der Waals surface area (Å²) < 4.78 is 15.0. The van der Waals surface area contributed by atoms with E-state index in [4.69, 9.17) is 14.2 Å². The molecule has 1 fully saturated rings. The molecule has 2 aliphatic rings. The van der Waals surface area contributed by atoms with Crippen LogP contribution in [0, 0.1) is 0 Å². The lowest BCUT2D eigenvalue weighted by Crippen LogP contribution is -2.34. The van der Waals surface area contributed by atoms with E-state index in [0.29, 0.717) is 5.25 Å². The van der Waals surface area contributed by atoms with Crippen LogP contribution in [0.15, 0.2) is 11.5 Å². The molecule has 136 valence electrons. The van der Waals surface area contributed by atoms with Gasteiger partial charge in [0.2, 0.25) is 5.76 Å². The Hall–Kier alpha value is -1.06. The van der Waals surface area contributed by atoms with Gasteiger partial charge in [-0.3, -0.25) is 4.79 Å². The van der Waals surface area contributed by atoms with Gasteiger partial charge in [-0.2, -0.15) is 0 Å². The van der Waals surface area contributed by atoms with Gasteiger partial charge in [0.1, 0.15) is 12.7 Å². The van der Waals surface area contributed by atoms with Crippen molar-refractivity contribution < 1.29 is 34.0 Å². The summed E-state index contributed by atoms with van der Waals surface area (Å²) in [6, 6.07) is 0. The van der Waals surface area contributed by atoms with Gasteiger partial charge in [0.25, 0.3) is 0 Å². The van der Waals surface area contributed by atoms with Gasteiger partial charge in [0.15, 0.2) is 11.9 Å². The molecule has 0 radical (unpaired) electrons. The quantitative estimate of drug-likeness (QED) is 0.460. The molecule has 24 heavy (non-hydrogen) atoms. The van der Waals surface area contributed by atoms with Crippen LogP contribution in [0.1, 0.15) is 32.6 Å². The van der Waals surface area contributed by atoms with Crippen LogP contribution in [0.25, 0.3) is 0 Å². The van der Waals surface area contributed by atoms with Crippen LogP contribution in [0.2, 0.25) is 0 Å². The SMILES string of the molecule is CCOC1=C(O)C(=O)O[C@@H]1[C@@H](O)COC(=O)CCCC1CCSS1. The highest BCUT2D eigenvalue weighted by atomic mass is 33.1. The van der Waals surface area contributed by atoms with Gasteiger partial charge in [0.05, 0.1) is 6.61 Å². The molecule has 0 aromatic rings. The van der Waals surface area contributed by atoms with Crippen LogP contribution in [0.5, 0.6) is 0 Å². The fraction of sp³-hybridized carbons (Fsp3) is 0.733.